The topological polar surface area (TPSA) is 127 Å². The Morgan fingerprint density at radius 1 is 0.958 bits per heavy atom. The molecule has 2 N–H and O–H groups in total. The first kappa shape index (κ1) is 16.9. The number of hydrazine groups is 1. The monoisotopic (exact) mass is 330 g/mol. The third-order valence-electron chi connectivity index (χ3n) is 3.47. The minimum absolute atomic E-state index is 0.0530. The molecule has 1 amide bonds. The molecule has 0 heterocycles. The van der Waals surface area contributed by atoms with Crippen molar-refractivity contribution in [3.63, 3.8) is 0 Å². The van der Waals surface area contributed by atoms with Crippen molar-refractivity contribution in [1.82, 2.24) is 5.43 Å². The number of hydrogen-bond acceptors (Lipinski definition) is 6. The average Bonchev–Trinajstić information content (AvgIpc) is 2.54. The average molecular weight is 330 g/mol. The molecule has 0 bridgehead atoms. The van der Waals surface area contributed by atoms with Crippen molar-refractivity contribution < 1.29 is 14.6 Å². The molecule has 0 saturated heterocycles. The Morgan fingerprint density at radius 2 is 1.67 bits per heavy atom. The molecular formula is C15H14N4O5. The number of aryl methyl sites for hydroxylation is 2. The number of anilines is 1. The van der Waals surface area contributed by atoms with Crippen molar-refractivity contribution in [3.05, 3.63) is 73.3 Å². The second-order valence-corrected chi connectivity index (χ2v) is 5.09. The summed E-state index contributed by atoms with van der Waals surface area (Å²) in [6.07, 6.45) is 0. The van der Waals surface area contributed by atoms with Gasteiger partial charge in [0.05, 0.1) is 15.9 Å². The Labute approximate surface area is 136 Å². The molecule has 0 aliphatic rings. The summed E-state index contributed by atoms with van der Waals surface area (Å²) in [5.41, 5.74) is 6.15. The van der Waals surface area contributed by atoms with E-state index in [9.17, 15) is 25.0 Å². The number of nitro groups is 2. The molecule has 2 aromatic rings. The minimum Gasteiger partial charge on any atom is -0.292 e. The zero-order chi connectivity index (χ0) is 17.9. The number of carbonyl (C=O) groups excluding carboxylic acids is 1. The maximum atomic E-state index is 12.1. The van der Waals surface area contributed by atoms with E-state index in [2.05, 4.69) is 10.9 Å². The van der Waals surface area contributed by atoms with Gasteiger partial charge in [0.25, 0.3) is 11.6 Å². The predicted octanol–water partition coefficient (Wildman–Crippen LogP) is 2.88. The third-order valence-corrected chi connectivity index (χ3v) is 3.47. The fourth-order valence-electron chi connectivity index (χ4n) is 1.97. The predicted molar refractivity (Wildman–Crippen MR) is 86.8 cm³/mol. The molecule has 0 fully saturated rings. The van der Waals surface area contributed by atoms with Gasteiger partial charge in [0.2, 0.25) is 0 Å². The second-order valence-electron chi connectivity index (χ2n) is 5.09. The van der Waals surface area contributed by atoms with Crippen molar-refractivity contribution >= 4 is 23.0 Å². The van der Waals surface area contributed by atoms with Crippen molar-refractivity contribution in [2.75, 3.05) is 5.43 Å². The van der Waals surface area contributed by atoms with Crippen LogP contribution in [0.1, 0.15) is 21.5 Å². The Hall–Kier alpha value is -3.49. The van der Waals surface area contributed by atoms with Gasteiger partial charge in [-0.05, 0) is 43.2 Å². The summed E-state index contributed by atoms with van der Waals surface area (Å²) in [5.74, 6) is -0.481. The maximum Gasteiger partial charge on any atom is 0.300 e. The first-order chi connectivity index (χ1) is 11.3. The molecule has 0 aliphatic carbocycles. The zero-order valence-corrected chi connectivity index (χ0v) is 12.9. The molecule has 2 rings (SSSR count). The van der Waals surface area contributed by atoms with Gasteiger partial charge in [-0.3, -0.25) is 35.9 Å². The van der Waals surface area contributed by atoms with Crippen molar-refractivity contribution in [3.8, 4) is 0 Å². The van der Waals surface area contributed by atoms with Crippen molar-refractivity contribution in [2.24, 2.45) is 0 Å². The smallest absolute Gasteiger partial charge is 0.292 e. The first-order valence-electron chi connectivity index (χ1n) is 6.86. The molecule has 0 atom stereocenters. The lowest BCUT2D eigenvalue weighted by molar-refractivity contribution is -0.393. The fourth-order valence-corrected chi connectivity index (χ4v) is 1.97. The fraction of sp³-hybridized carbons (Fsp3) is 0.133. The van der Waals surface area contributed by atoms with E-state index < -0.39 is 27.1 Å². The molecule has 9 heteroatoms. The van der Waals surface area contributed by atoms with Crippen LogP contribution in [-0.2, 0) is 0 Å². The van der Waals surface area contributed by atoms with Crippen LogP contribution < -0.4 is 10.9 Å². The molecule has 0 radical (unpaired) electrons. The highest BCUT2D eigenvalue weighted by atomic mass is 16.6. The van der Waals surface area contributed by atoms with E-state index in [4.69, 9.17) is 0 Å². The van der Waals surface area contributed by atoms with Crippen LogP contribution in [0.15, 0.2) is 36.4 Å². The number of hydrogen-bond donors (Lipinski definition) is 2. The van der Waals surface area contributed by atoms with E-state index >= 15 is 0 Å². The van der Waals surface area contributed by atoms with Crippen LogP contribution in [0.5, 0.6) is 0 Å². The van der Waals surface area contributed by atoms with E-state index in [1.807, 2.05) is 13.8 Å². The largest absolute Gasteiger partial charge is 0.300 e. The van der Waals surface area contributed by atoms with Gasteiger partial charge in [0.1, 0.15) is 5.69 Å². The van der Waals surface area contributed by atoms with Gasteiger partial charge in [-0.1, -0.05) is 6.07 Å². The van der Waals surface area contributed by atoms with E-state index in [0.29, 0.717) is 5.56 Å². The summed E-state index contributed by atoms with van der Waals surface area (Å²) in [5, 5.41) is 21.7. The number of rotatable bonds is 5. The molecule has 0 saturated carbocycles. The summed E-state index contributed by atoms with van der Waals surface area (Å²) in [7, 11) is 0. The molecule has 124 valence electrons. The number of nitrogens with zero attached hydrogens (tertiary/aromatic N) is 2. The van der Waals surface area contributed by atoms with Crippen molar-refractivity contribution in [2.45, 2.75) is 13.8 Å². The van der Waals surface area contributed by atoms with Crippen LogP contribution in [0.4, 0.5) is 17.1 Å². The summed E-state index contributed by atoms with van der Waals surface area (Å²) in [6, 6.07) is 8.21. The van der Waals surface area contributed by atoms with Crippen LogP contribution in [0, 0.1) is 34.1 Å². The summed E-state index contributed by atoms with van der Waals surface area (Å²) in [6.45, 7) is 3.77. The normalized spacial score (nSPS) is 10.1. The molecule has 24 heavy (non-hydrogen) atoms. The first-order valence-corrected chi connectivity index (χ1v) is 6.86. The minimum atomic E-state index is -0.766. The van der Waals surface area contributed by atoms with Crippen molar-refractivity contribution in [1.29, 1.82) is 0 Å². The summed E-state index contributed by atoms with van der Waals surface area (Å²) < 4.78 is 0. The van der Waals surface area contributed by atoms with Gasteiger partial charge in [-0.15, -0.1) is 0 Å². The number of nitro benzene ring substituents is 2. The molecule has 2 aromatic carbocycles. The highest BCUT2D eigenvalue weighted by Gasteiger charge is 2.20. The quantitative estimate of drug-likeness (QED) is 0.641. The third kappa shape index (κ3) is 3.64. The lowest BCUT2D eigenvalue weighted by atomic mass is 10.1. The molecule has 9 nitrogen and oxygen atoms in total. The molecule has 0 unspecified atom stereocenters. The standard InChI is InChI=1S/C15H14N4O5/c1-9-3-4-11(7-10(9)2)15(20)17-16-13-6-5-12(18(21)22)8-14(13)19(23)24/h3-8,16H,1-2H3,(H,17,20). The summed E-state index contributed by atoms with van der Waals surface area (Å²) in [4.78, 5) is 32.3. The van der Waals surface area contributed by atoms with Gasteiger partial charge in [0.15, 0.2) is 0 Å². The van der Waals surface area contributed by atoms with Gasteiger partial charge >= 0.3 is 5.69 Å². The van der Waals surface area contributed by atoms with Gasteiger partial charge < -0.3 is 0 Å². The second kappa shape index (κ2) is 6.73. The lowest BCUT2D eigenvalue weighted by Crippen LogP contribution is -2.29. The lowest BCUT2D eigenvalue weighted by Gasteiger charge is -2.10. The Morgan fingerprint density at radius 3 is 2.25 bits per heavy atom. The molecule has 0 spiro atoms. The molecule has 0 aliphatic heterocycles. The van der Waals surface area contributed by atoms with Crippen LogP contribution >= 0.6 is 0 Å². The van der Waals surface area contributed by atoms with E-state index in [1.54, 1.807) is 18.2 Å². The van der Waals surface area contributed by atoms with Crippen LogP contribution in [0.3, 0.4) is 0 Å². The van der Waals surface area contributed by atoms with Gasteiger partial charge in [-0.25, -0.2) is 0 Å². The van der Waals surface area contributed by atoms with Crippen LogP contribution in [0.25, 0.3) is 0 Å². The molecular weight excluding hydrogens is 316 g/mol. The summed E-state index contributed by atoms with van der Waals surface area (Å²) >= 11 is 0. The maximum absolute atomic E-state index is 12.1. The number of carbonyl (C=O) groups is 1. The highest BCUT2D eigenvalue weighted by molar-refractivity contribution is 5.95. The number of non-ortho nitro benzene ring substituents is 1. The highest BCUT2D eigenvalue weighted by Crippen LogP contribution is 2.28. The SMILES string of the molecule is Cc1ccc(C(=O)NNc2ccc([N+](=O)[O-])cc2[N+](=O)[O-])cc1C. The molecule has 0 aromatic heterocycles. The number of benzene rings is 2. The van der Waals surface area contributed by atoms with Crippen LogP contribution in [-0.4, -0.2) is 15.8 Å². The van der Waals surface area contributed by atoms with Gasteiger partial charge in [-0.2, -0.15) is 0 Å². The number of nitrogens with one attached hydrogen (secondary N) is 2. The zero-order valence-electron chi connectivity index (χ0n) is 12.9. The van der Waals surface area contributed by atoms with Gasteiger partial charge in [0, 0.05) is 11.6 Å². The number of amides is 1. The Kier molecular flexibility index (Phi) is 4.73. The Balaban J connectivity index is 2.19. The van der Waals surface area contributed by atoms with E-state index in [1.165, 1.54) is 0 Å². The van der Waals surface area contributed by atoms with E-state index in [0.717, 1.165) is 29.3 Å². The van der Waals surface area contributed by atoms with Crippen LogP contribution in [0.2, 0.25) is 0 Å². The Bertz CT molecular complexity index is 835. The van der Waals surface area contributed by atoms with E-state index in [-0.39, 0.29) is 5.69 Å².